The summed E-state index contributed by atoms with van der Waals surface area (Å²) in [7, 11) is 0. The van der Waals surface area contributed by atoms with Gasteiger partial charge in [0.2, 0.25) is 0 Å². The maximum absolute atomic E-state index is 9.54. The number of phenolic OH excluding ortho intramolecular Hbond substituents is 1. The molecule has 2 aromatic rings. The first kappa shape index (κ1) is 8.51. The van der Waals surface area contributed by atoms with Crippen LogP contribution in [0, 0.1) is 6.92 Å². The van der Waals surface area contributed by atoms with Crippen LogP contribution in [0.25, 0.3) is 10.9 Å². The Morgan fingerprint density at radius 1 is 1.31 bits per heavy atom. The third-order valence-electron chi connectivity index (χ3n) is 2.03. The molecular weight excluding hydrogens is 230 g/mol. The summed E-state index contributed by atoms with van der Waals surface area (Å²) in [6.07, 6.45) is 1.70. The van der Waals surface area contributed by atoms with Crippen molar-refractivity contribution >= 4 is 26.8 Å². The van der Waals surface area contributed by atoms with Crippen LogP contribution in [0.15, 0.2) is 28.9 Å². The maximum atomic E-state index is 9.54. The maximum Gasteiger partial charge on any atom is 0.141 e. The zero-order valence-corrected chi connectivity index (χ0v) is 8.67. The van der Waals surface area contributed by atoms with Gasteiger partial charge in [0.1, 0.15) is 11.3 Å². The van der Waals surface area contributed by atoms with E-state index in [2.05, 4.69) is 20.9 Å². The van der Waals surface area contributed by atoms with Crippen molar-refractivity contribution in [2.45, 2.75) is 6.92 Å². The van der Waals surface area contributed by atoms with Crippen LogP contribution in [-0.2, 0) is 0 Å². The van der Waals surface area contributed by atoms with Gasteiger partial charge in [-0.05, 0) is 30.7 Å². The lowest BCUT2D eigenvalue weighted by atomic mass is 10.1. The van der Waals surface area contributed by atoms with Crippen LogP contribution in [0.2, 0.25) is 0 Å². The van der Waals surface area contributed by atoms with Crippen LogP contribution in [0.3, 0.4) is 0 Å². The van der Waals surface area contributed by atoms with Crippen LogP contribution in [-0.4, -0.2) is 10.1 Å². The van der Waals surface area contributed by atoms with E-state index in [0.717, 1.165) is 15.4 Å². The summed E-state index contributed by atoms with van der Waals surface area (Å²) < 4.78 is 0.964. The normalized spacial score (nSPS) is 10.6. The molecule has 66 valence electrons. The highest BCUT2D eigenvalue weighted by Crippen LogP contribution is 2.31. The number of fused-ring (bicyclic) bond motifs is 1. The first-order chi connectivity index (χ1) is 6.20. The predicted molar refractivity (Wildman–Crippen MR) is 55.8 cm³/mol. The van der Waals surface area contributed by atoms with Crippen molar-refractivity contribution < 1.29 is 5.11 Å². The number of nitrogens with zero attached hydrogens (tertiary/aromatic N) is 1. The van der Waals surface area contributed by atoms with E-state index in [4.69, 9.17) is 0 Å². The number of phenols is 1. The van der Waals surface area contributed by atoms with Gasteiger partial charge in [-0.2, -0.15) is 0 Å². The highest BCUT2D eigenvalue weighted by Gasteiger charge is 2.05. The van der Waals surface area contributed by atoms with Gasteiger partial charge in [0.05, 0.1) is 0 Å². The van der Waals surface area contributed by atoms with Gasteiger partial charge in [0.15, 0.2) is 0 Å². The van der Waals surface area contributed by atoms with Gasteiger partial charge in [-0.3, -0.25) is 4.98 Å². The Bertz CT molecular complexity index is 459. The van der Waals surface area contributed by atoms with Gasteiger partial charge in [-0.15, -0.1) is 0 Å². The SMILES string of the molecule is Cc1ccnc2c(O)ccc(Br)c12. The third kappa shape index (κ3) is 1.29. The lowest BCUT2D eigenvalue weighted by molar-refractivity contribution is 0.480. The van der Waals surface area contributed by atoms with Gasteiger partial charge < -0.3 is 5.11 Å². The Labute approximate surface area is 84.4 Å². The number of aromatic hydroxyl groups is 1. The minimum atomic E-state index is 0.224. The zero-order chi connectivity index (χ0) is 9.42. The smallest absolute Gasteiger partial charge is 0.141 e. The summed E-state index contributed by atoms with van der Waals surface area (Å²) in [5.41, 5.74) is 1.75. The molecule has 0 radical (unpaired) electrons. The molecule has 0 unspecified atom stereocenters. The zero-order valence-electron chi connectivity index (χ0n) is 7.08. The Hall–Kier alpha value is -1.09. The molecule has 0 aliphatic heterocycles. The molecule has 1 aromatic heterocycles. The van der Waals surface area contributed by atoms with Crippen molar-refractivity contribution in [2.24, 2.45) is 0 Å². The van der Waals surface area contributed by atoms with Gasteiger partial charge in [-0.1, -0.05) is 15.9 Å². The van der Waals surface area contributed by atoms with Crippen molar-refractivity contribution in [3.8, 4) is 5.75 Å². The molecule has 1 N–H and O–H groups in total. The van der Waals surface area contributed by atoms with Gasteiger partial charge in [0, 0.05) is 16.1 Å². The molecule has 0 spiro atoms. The van der Waals surface area contributed by atoms with Crippen LogP contribution >= 0.6 is 15.9 Å². The van der Waals surface area contributed by atoms with Gasteiger partial charge in [0.25, 0.3) is 0 Å². The Morgan fingerprint density at radius 3 is 2.77 bits per heavy atom. The molecule has 2 rings (SSSR count). The molecule has 0 saturated carbocycles. The molecule has 0 amide bonds. The second kappa shape index (κ2) is 3.00. The third-order valence-corrected chi connectivity index (χ3v) is 2.69. The topological polar surface area (TPSA) is 33.1 Å². The fourth-order valence-electron chi connectivity index (χ4n) is 1.37. The summed E-state index contributed by atoms with van der Waals surface area (Å²) in [6.45, 7) is 1.99. The van der Waals surface area contributed by atoms with Gasteiger partial charge in [-0.25, -0.2) is 0 Å². The van der Waals surface area contributed by atoms with E-state index in [1.165, 1.54) is 0 Å². The second-order valence-electron chi connectivity index (χ2n) is 2.92. The lowest BCUT2D eigenvalue weighted by Gasteiger charge is -2.04. The molecule has 13 heavy (non-hydrogen) atoms. The van der Waals surface area contributed by atoms with E-state index < -0.39 is 0 Å². The summed E-state index contributed by atoms with van der Waals surface area (Å²) >= 11 is 3.43. The molecule has 0 atom stereocenters. The monoisotopic (exact) mass is 237 g/mol. The Kier molecular flexibility index (Phi) is 1.96. The van der Waals surface area contributed by atoms with Crippen molar-refractivity contribution in [1.82, 2.24) is 4.98 Å². The number of hydrogen-bond donors (Lipinski definition) is 1. The fourth-order valence-corrected chi connectivity index (χ4v) is 2.00. The molecule has 0 fully saturated rings. The number of hydrogen-bond acceptors (Lipinski definition) is 2. The molecule has 1 heterocycles. The van der Waals surface area contributed by atoms with Crippen LogP contribution in [0.5, 0.6) is 5.75 Å². The minimum Gasteiger partial charge on any atom is -0.506 e. The average Bonchev–Trinajstić information content (AvgIpc) is 2.12. The predicted octanol–water partition coefficient (Wildman–Crippen LogP) is 3.01. The van der Waals surface area contributed by atoms with Crippen LogP contribution in [0.1, 0.15) is 5.56 Å². The quantitative estimate of drug-likeness (QED) is 0.765. The van der Waals surface area contributed by atoms with Crippen molar-refractivity contribution in [3.63, 3.8) is 0 Å². The molecular formula is C10H8BrNO. The highest BCUT2D eigenvalue weighted by molar-refractivity contribution is 9.10. The number of aromatic nitrogens is 1. The number of pyridine rings is 1. The largest absolute Gasteiger partial charge is 0.506 e. The van der Waals surface area contributed by atoms with Crippen molar-refractivity contribution in [2.75, 3.05) is 0 Å². The Balaban J connectivity index is 3.00. The summed E-state index contributed by atoms with van der Waals surface area (Å²) in [5, 5.41) is 10.5. The Morgan fingerprint density at radius 2 is 2.08 bits per heavy atom. The molecule has 0 aliphatic carbocycles. The number of aryl methyl sites for hydroxylation is 1. The summed E-state index contributed by atoms with van der Waals surface area (Å²) in [5.74, 6) is 0.224. The van der Waals surface area contributed by atoms with E-state index in [1.807, 2.05) is 19.1 Å². The van der Waals surface area contributed by atoms with E-state index in [-0.39, 0.29) is 5.75 Å². The second-order valence-corrected chi connectivity index (χ2v) is 3.77. The molecule has 0 saturated heterocycles. The van der Waals surface area contributed by atoms with Crippen molar-refractivity contribution in [3.05, 3.63) is 34.4 Å². The fraction of sp³-hybridized carbons (Fsp3) is 0.100. The minimum absolute atomic E-state index is 0.224. The molecule has 3 heteroatoms. The lowest BCUT2D eigenvalue weighted by Crippen LogP contribution is -1.84. The van der Waals surface area contributed by atoms with Crippen LogP contribution in [0.4, 0.5) is 0 Å². The number of benzene rings is 1. The molecule has 0 bridgehead atoms. The average molecular weight is 238 g/mol. The summed E-state index contributed by atoms with van der Waals surface area (Å²) in [4.78, 5) is 4.12. The van der Waals surface area contributed by atoms with E-state index in [0.29, 0.717) is 5.52 Å². The first-order valence-corrected chi connectivity index (χ1v) is 4.72. The standard InChI is InChI=1S/C10H8BrNO/c1-6-4-5-12-10-8(13)3-2-7(11)9(6)10/h2-5,13H,1H3. The molecule has 1 aromatic carbocycles. The highest BCUT2D eigenvalue weighted by atomic mass is 79.9. The van der Waals surface area contributed by atoms with Gasteiger partial charge >= 0.3 is 0 Å². The van der Waals surface area contributed by atoms with E-state index in [1.54, 1.807) is 12.3 Å². The van der Waals surface area contributed by atoms with Crippen LogP contribution < -0.4 is 0 Å². The number of rotatable bonds is 0. The molecule has 0 aliphatic rings. The molecule has 2 nitrogen and oxygen atoms in total. The van der Waals surface area contributed by atoms with E-state index in [9.17, 15) is 5.11 Å². The number of halogens is 1. The first-order valence-electron chi connectivity index (χ1n) is 3.93. The van der Waals surface area contributed by atoms with E-state index >= 15 is 0 Å². The van der Waals surface area contributed by atoms with Crippen molar-refractivity contribution in [1.29, 1.82) is 0 Å². The summed E-state index contributed by atoms with van der Waals surface area (Å²) in [6, 6.07) is 5.39.